The van der Waals surface area contributed by atoms with Gasteiger partial charge in [-0.25, -0.2) is 0 Å². The molecule has 0 radical (unpaired) electrons. The molecule has 0 unspecified atom stereocenters. The highest BCUT2D eigenvalue weighted by atomic mass is 127. The molecule has 0 bridgehead atoms. The fourth-order valence-electron chi connectivity index (χ4n) is 1.05. The molecule has 0 aliphatic heterocycles. The SMILES string of the molecule is C[C@@H](N)CCc1ccc(I)cc1. The summed E-state index contributed by atoms with van der Waals surface area (Å²) in [4.78, 5) is 0. The second-order valence-corrected chi connectivity index (χ2v) is 4.39. The van der Waals surface area contributed by atoms with Crippen LogP contribution in [0.4, 0.5) is 0 Å². The van der Waals surface area contributed by atoms with Crippen molar-refractivity contribution in [1.82, 2.24) is 0 Å². The van der Waals surface area contributed by atoms with Gasteiger partial charge in [-0.2, -0.15) is 0 Å². The van der Waals surface area contributed by atoms with Crippen LogP contribution >= 0.6 is 22.6 Å². The summed E-state index contributed by atoms with van der Waals surface area (Å²) in [6.45, 7) is 2.05. The molecule has 1 aromatic rings. The lowest BCUT2D eigenvalue weighted by atomic mass is 10.1. The molecule has 66 valence electrons. The van der Waals surface area contributed by atoms with E-state index in [4.69, 9.17) is 5.73 Å². The van der Waals surface area contributed by atoms with Crippen LogP contribution in [-0.4, -0.2) is 6.04 Å². The molecule has 0 spiro atoms. The van der Waals surface area contributed by atoms with Crippen LogP contribution in [-0.2, 0) is 6.42 Å². The van der Waals surface area contributed by atoms with E-state index < -0.39 is 0 Å². The van der Waals surface area contributed by atoms with Gasteiger partial charge >= 0.3 is 0 Å². The second-order valence-electron chi connectivity index (χ2n) is 3.14. The average Bonchev–Trinajstić information content (AvgIpc) is 2.03. The molecule has 1 aromatic carbocycles. The third-order valence-corrected chi connectivity index (χ3v) is 2.52. The quantitative estimate of drug-likeness (QED) is 0.843. The van der Waals surface area contributed by atoms with Crippen molar-refractivity contribution < 1.29 is 0 Å². The Morgan fingerprint density at radius 3 is 2.42 bits per heavy atom. The van der Waals surface area contributed by atoms with E-state index in [-0.39, 0.29) is 0 Å². The molecule has 0 saturated carbocycles. The molecule has 1 rings (SSSR count). The van der Waals surface area contributed by atoms with Crippen molar-refractivity contribution in [3.05, 3.63) is 33.4 Å². The molecular formula is C10H14IN. The molecule has 0 fully saturated rings. The predicted molar refractivity (Wildman–Crippen MR) is 61.1 cm³/mol. The average molecular weight is 275 g/mol. The zero-order valence-corrected chi connectivity index (χ0v) is 9.41. The van der Waals surface area contributed by atoms with E-state index >= 15 is 0 Å². The van der Waals surface area contributed by atoms with E-state index in [9.17, 15) is 0 Å². The standard InChI is InChI=1S/C10H14IN/c1-8(12)2-3-9-4-6-10(11)7-5-9/h4-8H,2-3,12H2,1H3/t8-/m1/s1. The maximum atomic E-state index is 5.67. The Balaban J connectivity index is 2.48. The highest BCUT2D eigenvalue weighted by molar-refractivity contribution is 14.1. The molecule has 0 aromatic heterocycles. The van der Waals surface area contributed by atoms with Crippen molar-refractivity contribution in [2.45, 2.75) is 25.8 Å². The van der Waals surface area contributed by atoms with Crippen molar-refractivity contribution >= 4 is 22.6 Å². The van der Waals surface area contributed by atoms with Gasteiger partial charge in [-0.05, 0) is 60.1 Å². The number of halogens is 1. The van der Waals surface area contributed by atoms with Gasteiger partial charge in [0.25, 0.3) is 0 Å². The van der Waals surface area contributed by atoms with Crippen molar-refractivity contribution in [2.75, 3.05) is 0 Å². The minimum atomic E-state index is 0.310. The topological polar surface area (TPSA) is 26.0 Å². The minimum absolute atomic E-state index is 0.310. The van der Waals surface area contributed by atoms with Crippen LogP contribution < -0.4 is 5.73 Å². The van der Waals surface area contributed by atoms with Crippen molar-refractivity contribution in [2.24, 2.45) is 5.73 Å². The Morgan fingerprint density at radius 2 is 1.92 bits per heavy atom. The number of rotatable bonds is 3. The van der Waals surface area contributed by atoms with Gasteiger partial charge in [0, 0.05) is 9.61 Å². The molecule has 2 heteroatoms. The van der Waals surface area contributed by atoms with Gasteiger partial charge in [0.05, 0.1) is 0 Å². The van der Waals surface area contributed by atoms with E-state index in [1.807, 2.05) is 6.92 Å². The monoisotopic (exact) mass is 275 g/mol. The Bertz CT molecular complexity index is 228. The number of aryl methyl sites for hydroxylation is 1. The van der Waals surface area contributed by atoms with Crippen LogP contribution in [0.5, 0.6) is 0 Å². The second kappa shape index (κ2) is 4.82. The van der Waals surface area contributed by atoms with Crippen LogP contribution in [0.15, 0.2) is 24.3 Å². The summed E-state index contributed by atoms with van der Waals surface area (Å²) < 4.78 is 1.29. The van der Waals surface area contributed by atoms with Gasteiger partial charge in [0.1, 0.15) is 0 Å². The Labute approximate surface area is 87.5 Å². The molecule has 1 nitrogen and oxygen atoms in total. The van der Waals surface area contributed by atoms with Gasteiger partial charge in [0.15, 0.2) is 0 Å². The first-order valence-corrected chi connectivity index (χ1v) is 5.26. The molecule has 2 N–H and O–H groups in total. The van der Waals surface area contributed by atoms with E-state index in [2.05, 4.69) is 46.9 Å². The summed E-state index contributed by atoms with van der Waals surface area (Å²) in [6.07, 6.45) is 2.16. The van der Waals surface area contributed by atoms with E-state index in [1.165, 1.54) is 9.13 Å². The van der Waals surface area contributed by atoms with E-state index in [0.29, 0.717) is 6.04 Å². The third kappa shape index (κ3) is 3.54. The predicted octanol–water partition coefficient (Wildman–Crippen LogP) is 2.57. The summed E-state index contributed by atoms with van der Waals surface area (Å²) in [5, 5.41) is 0. The lowest BCUT2D eigenvalue weighted by molar-refractivity contribution is 0.666. The molecule has 12 heavy (non-hydrogen) atoms. The minimum Gasteiger partial charge on any atom is -0.328 e. The molecule has 0 amide bonds. The zero-order chi connectivity index (χ0) is 8.97. The normalized spacial score (nSPS) is 12.9. The van der Waals surface area contributed by atoms with Gasteiger partial charge in [-0.1, -0.05) is 12.1 Å². The smallest absolute Gasteiger partial charge is 0.0130 e. The highest BCUT2D eigenvalue weighted by Crippen LogP contribution is 2.08. The van der Waals surface area contributed by atoms with E-state index in [0.717, 1.165) is 12.8 Å². The van der Waals surface area contributed by atoms with Crippen LogP contribution in [0.25, 0.3) is 0 Å². The Morgan fingerprint density at radius 1 is 1.33 bits per heavy atom. The maximum absolute atomic E-state index is 5.67. The summed E-state index contributed by atoms with van der Waals surface area (Å²) in [6, 6.07) is 8.92. The summed E-state index contributed by atoms with van der Waals surface area (Å²) >= 11 is 2.31. The van der Waals surface area contributed by atoms with Crippen LogP contribution in [0.2, 0.25) is 0 Å². The van der Waals surface area contributed by atoms with Crippen LogP contribution in [0.1, 0.15) is 18.9 Å². The van der Waals surface area contributed by atoms with E-state index in [1.54, 1.807) is 0 Å². The fraction of sp³-hybridized carbons (Fsp3) is 0.400. The molecule has 0 aliphatic rings. The van der Waals surface area contributed by atoms with Crippen molar-refractivity contribution in [3.63, 3.8) is 0 Å². The number of benzene rings is 1. The van der Waals surface area contributed by atoms with Gasteiger partial charge in [0.2, 0.25) is 0 Å². The molecule has 0 saturated heterocycles. The summed E-state index contributed by atoms with van der Waals surface area (Å²) in [5.74, 6) is 0. The molecular weight excluding hydrogens is 261 g/mol. The lowest BCUT2D eigenvalue weighted by Crippen LogP contribution is -2.15. The van der Waals surface area contributed by atoms with Crippen molar-refractivity contribution in [1.29, 1.82) is 0 Å². The first kappa shape index (κ1) is 9.99. The Kier molecular flexibility index (Phi) is 4.01. The first-order valence-electron chi connectivity index (χ1n) is 4.18. The Hall–Kier alpha value is -0.0900. The maximum Gasteiger partial charge on any atom is 0.0130 e. The lowest BCUT2D eigenvalue weighted by Gasteiger charge is -2.04. The third-order valence-electron chi connectivity index (χ3n) is 1.80. The first-order chi connectivity index (χ1) is 5.68. The zero-order valence-electron chi connectivity index (χ0n) is 7.26. The van der Waals surface area contributed by atoms with Crippen LogP contribution in [0, 0.1) is 3.57 Å². The molecule has 0 heterocycles. The summed E-state index contributed by atoms with van der Waals surface area (Å²) in [5.41, 5.74) is 7.05. The van der Waals surface area contributed by atoms with Crippen LogP contribution in [0.3, 0.4) is 0 Å². The number of hydrogen-bond donors (Lipinski definition) is 1. The fourth-order valence-corrected chi connectivity index (χ4v) is 1.40. The molecule has 1 atom stereocenters. The van der Waals surface area contributed by atoms with Gasteiger partial charge in [-0.15, -0.1) is 0 Å². The molecule has 0 aliphatic carbocycles. The largest absolute Gasteiger partial charge is 0.328 e. The highest BCUT2D eigenvalue weighted by Gasteiger charge is 1.96. The summed E-state index contributed by atoms with van der Waals surface area (Å²) in [7, 11) is 0. The number of hydrogen-bond acceptors (Lipinski definition) is 1. The van der Waals surface area contributed by atoms with Gasteiger partial charge in [-0.3, -0.25) is 0 Å². The van der Waals surface area contributed by atoms with Crippen molar-refractivity contribution in [3.8, 4) is 0 Å². The number of nitrogens with two attached hydrogens (primary N) is 1. The van der Waals surface area contributed by atoms with Gasteiger partial charge < -0.3 is 5.73 Å².